The Hall–Kier alpha value is -3.09. The molecule has 0 atom stereocenters. The molecular formula is C14H12F3N5O4S. The van der Waals surface area contributed by atoms with Crippen LogP contribution in [0.3, 0.4) is 0 Å². The number of rotatable bonds is 3. The van der Waals surface area contributed by atoms with Gasteiger partial charge in [-0.25, -0.2) is 23.0 Å². The van der Waals surface area contributed by atoms with E-state index in [9.17, 15) is 31.2 Å². The zero-order valence-corrected chi connectivity index (χ0v) is 14.6. The van der Waals surface area contributed by atoms with Gasteiger partial charge in [0.15, 0.2) is 0 Å². The Morgan fingerprint density at radius 2 is 1.89 bits per heavy atom. The quantitative estimate of drug-likeness (QED) is 0.664. The van der Waals surface area contributed by atoms with E-state index >= 15 is 0 Å². The van der Waals surface area contributed by atoms with E-state index in [1.807, 2.05) is 0 Å². The van der Waals surface area contributed by atoms with Crippen molar-refractivity contribution in [2.45, 2.75) is 6.18 Å². The lowest BCUT2D eigenvalue weighted by atomic mass is 10.0. The summed E-state index contributed by atoms with van der Waals surface area (Å²) in [6.07, 6.45) is -1.35. The van der Waals surface area contributed by atoms with Gasteiger partial charge in [0.2, 0.25) is 10.0 Å². The van der Waals surface area contributed by atoms with Gasteiger partial charge in [-0.3, -0.25) is 4.79 Å². The highest BCUT2D eigenvalue weighted by Crippen LogP contribution is 2.37. The smallest absolute Gasteiger partial charge is 0.334 e. The minimum atomic E-state index is -4.79. The van der Waals surface area contributed by atoms with Crippen LogP contribution in [-0.2, 0) is 23.2 Å². The second kappa shape index (κ2) is 5.97. The molecule has 0 radical (unpaired) electrons. The van der Waals surface area contributed by atoms with E-state index in [0.717, 1.165) is 12.3 Å². The number of aromatic amines is 1. The second-order valence-corrected chi connectivity index (χ2v) is 7.46. The zero-order chi connectivity index (χ0) is 20.1. The maximum absolute atomic E-state index is 13.5. The van der Waals surface area contributed by atoms with E-state index in [1.54, 1.807) is 4.83 Å². The summed E-state index contributed by atoms with van der Waals surface area (Å²) in [6, 6.07) is 1.53. The Kier molecular flexibility index (Phi) is 4.14. The van der Waals surface area contributed by atoms with Crippen molar-refractivity contribution in [1.82, 2.24) is 19.2 Å². The third-order valence-electron chi connectivity index (χ3n) is 3.66. The van der Waals surface area contributed by atoms with Crippen molar-refractivity contribution in [1.29, 1.82) is 0 Å². The molecule has 0 aliphatic carbocycles. The van der Waals surface area contributed by atoms with Crippen molar-refractivity contribution in [3.63, 3.8) is 0 Å². The number of H-pyrrole nitrogens is 1. The highest BCUT2D eigenvalue weighted by atomic mass is 32.2. The maximum atomic E-state index is 13.5. The van der Waals surface area contributed by atoms with E-state index < -0.39 is 38.6 Å². The molecule has 27 heavy (non-hydrogen) atoms. The molecule has 13 heteroatoms. The molecule has 0 fully saturated rings. The van der Waals surface area contributed by atoms with Gasteiger partial charge in [0.1, 0.15) is 5.82 Å². The first-order chi connectivity index (χ1) is 12.4. The van der Waals surface area contributed by atoms with Crippen molar-refractivity contribution >= 4 is 20.9 Å². The third kappa shape index (κ3) is 3.45. The van der Waals surface area contributed by atoms with Crippen molar-refractivity contribution in [2.75, 3.05) is 11.1 Å². The topological polar surface area (TPSA) is 119 Å². The molecular weight excluding hydrogens is 391 g/mol. The average Bonchev–Trinajstić information content (AvgIpc) is 2.94. The van der Waals surface area contributed by atoms with Crippen molar-refractivity contribution in [3.8, 4) is 11.4 Å². The first kappa shape index (κ1) is 18.7. The lowest BCUT2D eigenvalue weighted by Gasteiger charge is -2.15. The second-order valence-electron chi connectivity index (χ2n) is 5.74. The summed E-state index contributed by atoms with van der Waals surface area (Å²) in [4.78, 5) is 32.1. The van der Waals surface area contributed by atoms with Gasteiger partial charge in [-0.15, -0.1) is 0 Å². The summed E-state index contributed by atoms with van der Waals surface area (Å²) in [5, 5.41) is -0.322. The molecule has 0 spiro atoms. The van der Waals surface area contributed by atoms with Crippen molar-refractivity contribution in [3.05, 3.63) is 50.9 Å². The molecule has 2 aromatic heterocycles. The van der Waals surface area contributed by atoms with Gasteiger partial charge < -0.3 is 9.55 Å². The van der Waals surface area contributed by atoms with Gasteiger partial charge in [0.25, 0.3) is 5.56 Å². The molecule has 3 aromatic rings. The van der Waals surface area contributed by atoms with Gasteiger partial charge in [-0.1, -0.05) is 0 Å². The Morgan fingerprint density at radius 3 is 2.41 bits per heavy atom. The molecule has 9 nitrogen and oxygen atoms in total. The number of aromatic nitrogens is 4. The highest BCUT2D eigenvalue weighted by Gasteiger charge is 2.35. The number of imidazole rings is 1. The Bertz CT molecular complexity index is 1270. The highest BCUT2D eigenvalue weighted by molar-refractivity contribution is 7.91. The number of halogens is 3. The minimum absolute atomic E-state index is 0.0579. The monoisotopic (exact) mass is 403 g/mol. The Balaban J connectivity index is 2.43. The number of alkyl halides is 3. The summed E-state index contributed by atoms with van der Waals surface area (Å²) in [5.74, 6) is -0.0579. The van der Waals surface area contributed by atoms with Gasteiger partial charge >= 0.3 is 11.9 Å². The largest absolute Gasteiger partial charge is 0.417 e. The van der Waals surface area contributed by atoms with E-state index in [4.69, 9.17) is 0 Å². The molecule has 1 aromatic carbocycles. The number of hydrogen-bond acceptors (Lipinski definition) is 5. The molecule has 3 rings (SSSR count). The number of sulfonamides is 1. The predicted molar refractivity (Wildman–Crippen MR) is 90.2 cm³/mol. The summed E-state index contributed by atoms with van der Waals surface area (Å²) in [7, 11) is -2.51. The first-order valence-corrected chi connectivity index (χ1v) is 9.13. The van der Waals surface area contributed by atoms with Gasteiger partial charge in [0.05, 0.1) is 22.7 Å². The van der Waals surface area contributed by atoms with Crippen LogP contribution in [0.25, 0.3) is 22.3 Å². The molecule has 2 N–H and O–H groups in total. The van der Waals surface area contributed by atoms with E-state index in [2.05, 4.69) is 9.97 Å². The van der Waals surface area contributed by atoms with Crippen molar-refractivity contribution < 1.29 is 21.6 Å². The molecule has 0 amide bonds. The maximum Gasteiger partial charge on any atom is 0.417 e. The predicted octanol–water partition coefficient (Wildman–Crippen LogP) is 0.612. The fourth-order valence-corrected chi connectivity index (χ4v) is 3.05. The molecule has 0 unspecified atom stereocenters. The number of aryl methyl sites for hydroxylation is 1. The lowest BCUT2D eigenvalue weighted by molar-refractivity contribution is -0.137. The number of hydrogen-bond donors (Lipinski definition) is 2. The first-order valence-electron chi connectivity index (χ1n) is 7.24. The van der Waals surface area contributed by atoms with Crippen LogP contribution < -0.4 is 16.1 Å². The average molecular weight is 403 g/mol. The van der Waals surface area contributed by atoms with Gasteiger partial charge in [-0.05, 0) is 12.1 Å². The van der Waals surface area contributed by atoms with Gasteiger partial charge in [-0.2, -0.15) is 17.8 Å². The number of nitrogens with one attached hydrogen (secondary N) is 2. The third-order valence-corrected chi connectivity index (χ3v) is 4.17. The zero-order valence-electron chi connectivity index (χ0n) is 13.8. The van der Waals surface area contributed by atoms with Crippen LogP contribution in [0, 0.1) is 0 Å². The van der Waals surface area contributed by atoms with Crippen molar-refractivity contribution in [2.24, 2.45) is 7.05 Å². The minimum Gasteiger partial charge on any atom is -0.334 e. The van der Waals surface area contributed by atoms with Crippen LogP contribution in [-0.4, -0.2) is 33.9 Å². The molecule has 144 valence electrons. The van der Waals surface area contributed by atoms with Crippen LogP contribution in [0.5, 0.6) is 0 Å². The van der Waals surface area contributed by atoms with Crippen LogP contribution in [0.2, 0.25) is 0 Å². The number of benzene rings is 1. The molecule has 0 saturated carbocycles. The number of fused-ring (bicyclic) bond motifs is 1. The Labute approximate surface area is 149 Å². The van der Waals surface area contributed by atoms with Crippen LogP contribution in [0.4, 0.5) is 13.2 Å². The fraction of sp³-hybridized carbons (Fsp3) is 0.214. The Morgan fingerprint density at radius 1 is 1.22 bits per heavy atom. The fourth-order valence-electron chi connectivity index (χ4n) is 2.56. The summed E-state index contributed by atoms with van der Waals surface area (Å²) >= 11 is 0. The summed E-state index contributed by atoms with van der Waals surface area (Å²) in [6.45, 7) is 0. The van der Waals surface area contributed by atoms with Crippen LogP contribution in [0.15, 0.2) is 34.1 Å². The van der Waals surface area contributed by atoms with Crippen LogP contribution in [0.1, 0.15) is 5.56 Å². The van der Waals surface area contributed by atoms with E-state index in [-0.39, 0.29) is 21.4 Å². The molecule has 2 heterocycles. The lowest BCUT2D eigenvalue weighted by Crippen LogP contribution is -2.43. The normalized spacial score (nSPS) is 12.5. The molecule has 0 bridgehead atoms. The molecule has 0 saturated heterocycles. The van der Waals surface area contributed by atoms with E-state index in [0.29, 0.717) is 6.07 Å². The SMILES string of the molecule is Cn1ccnc1-c1cc2c(=O)n(NS(C)(=O)=O)c(=O)[nH]c2cc1C(F)(F)F. The standard InChI is InChI=1S/C14H12F3N5O4S/c1-21-4-3-18-11(21)7-5-8-10(6-9(7)14(15,16)17)19-13(24)22(12(8)23)20-27(2,25)26/h3-6,20H,1-2H3,(H,19,24). The molecule has 0 aliphatic heterocycles. The van der Waals surface area contributed by atoms with Gasteiger partial charge in [0, 0.05) is 25.0 Å². The number of nitrogens with zero attached hydrogens (tertiary/aromatic N) is 3. The summed E-state index contributed by atoms with van der Waals surface area (Å²) in [5.41, 5.74) is -4.23. The molecule has 0 aliphatic rings. The van der Waals surface area contributed by atoms with E-state index in [1.165, 1.54) is 24.0 Å². The van der Waals surface area contributed by atoms with Crippen LogP contribution >= 0.6 is 0 Å². The summed E-state index contributed by atoms with van der Waals surface area (Å²) < 4.78 is 64.7.